The van der Waals surface area contributed by atoms with Crippen molar-refractivity contribution >= 4 is 29.7 Å². The number of hydrogen-bond donors (Lipinski definition) is 1. The van der Waals surface area contributed by atoms with Gasteiger partial charge in [-0.05, 0) is 17.4 Å². The van der Waals surface area contributed by atoms with Gasteiger partial charge in [-0.15, -0.1) is 6.58 Å². The molecule has 2 saturated heterocycles. The van der Waals surface area contributed by atoms with Gasteiger partial charge >= 0.3 is 0 Å². The van der Waals surface area contributed by atoms with Crippen LogP contribution in [-0.4, -0.2) is 53.6 Å². The molecule has 2 aliphatic heterocycles. The highest BCUT2D eigenvalue weighted by molar-refractivity contribution is 6.07. The van der Waals surface area contributed by atoms with Gasteiger partial charge in [0.2, 0.25) is 23.6 Å². The minimum atomic E-state index is -0.561. The number of hydrogen-bond acceptors (Lipinski definition) is 5. The average Bonchev–Trinajstić information content (AvgIpc) is 3.61. The number of nitrogens with zero attached hydrogens (tertiary/aromatic N) is 2. The molecule has 8 atom stereocenters. The lowest BCUT2D eigenvalue weighted by Crippen LogP contribution is -2.37. The van der Waals surface area contributed by atoms with Gasteiger partial charge in [-0.1, -0.05) is 112 Å². The number of fused-ring (bicyclic) bond motifs is 2. The number of amides is 4. The van der Waals surface area contributed by atoms with Crippen LogP contribution < -0.4 is 5.73 Å². The fourth-order valence-electron chi connectivity index (χ4n) is 7.98. The summed E-state index contributed by atoms with van der Waals surface area (Å²) in [5.41, 5.74) is 8.92. The summed E-state index contributed by atoms with van der Waals surface area (Å²) in [6, 6.07) is 9.94. The van der Waals surface area contributed by atoms with E-state index in [-0.39, 0.29) is 72.2 Å². The smallest absolute Gasteiger partial charge is 0.234 e. The fraction of sp³-hybridized carbons (Fsp3) is 0.459. The second kappa shape index (κ2) is 12.6. The third kappa shape index (κ3) is 5.36. The predicted octanol–water partition coefficient (Wildman–Crippen LogP) is 4.89. The summed E-state index contributed by atoms with van der Waals surface area (Å²) in [4.78, 5) is 57.0. The molecule has 4 aliphatic rings. The van der Waals surface area contributed by atoms with E-state index >= 15 is 0 Å². The quantitative estimate of drug-likeness (QED) is 0.324. The summed E-state index contributed by atoms with van der Waals surface area (Å²) in [6.07, 6.45) is 14.3. The monoisotopic (exact) mass is 595 g/mol. The predicted molar refractivity (Wildman–Crippen MR) is 172 cm³/mol. The summed E-state index contributed by atoms with van der Waals surface area (Å²) < 4.78 is 0. The molecule has 4 amide bonds. The third-order valence-corrected chi connectivity index (χ3v) is 9.67. The van der Waals surface area contributed by atoms with E-state index in [9.17, 15) is 19.2 Å². The number of rotatable bonds is 9. The zero-order valence-electron chi connectivity index (χ0n) is 26.4. The Kier molecular flexibility index (Phi) is 9.07. The van der Waals surface area contributed by atoms with Crippen molar-refractivity contribution < 1.29 is 19.2 Å². The number of likely N-dealkylation sites (tertiary alicyclic amines) is 2. The Bertz CT molecular complexity index is 1450. The highest BCUT2D eigenvalue weighted by atomic mass is 16.2. The first-order valence-electron chi connectivity index (χ1n) is 15.9. The summed E-state index contributed by atoms with van der Waals surface area (Å²) in [7, 11) is 1.55. The molecule has 0 unspecified atom stereocenters. The van der Waals surface area contributed by atoms with Gasteiger partial charge in [0.05, 0.1) is 23.7 Å². The van der Waals surface area contributed by atoms with E-state index in [1.165, 1.54) is 9.80 Å². The van der Waals surface area contributed by atoms with Crippen molar-refractivity contribution in [1.29, 1.82) is 0 Å². The minimum absolute atomic E-state index is 0.170. The van der Waals surface area contributed by atoms with Gasteiger partial charge in [-0.2, -0.15) is 0 Å². The normalized spacial score (nSPS) is 33.9. The maximum absolute atomic E-state index is 13.9. The van der Waals surface area contributed by atoms with Crippen molar-refractivity contribution in [1.82, 2.24) is 9.80 Å². The van der Waals surface area contributed by atoms with Crippen molar-refractivity contribution in [2.75, 3.05) is 20.1 Å². The summed E-state index contributed by atoms with van der Waals surface area (Å²) in [6.45, 7) is 12.8. The number of imide groups is 2. The van der Waals surface area contributed by atoms with E-state index in [0.29, 0.717) is 0 Å². The maximum Gasteiger partial charge on any atom is 0.234 e. The molecule has 0 radical (unpaired) electrons. The second-order valence-corrected chi connectivity index (χ2v) is 13.3. The Morgan fingerprint density at radius 2 is 1.18 bits per heavy atom. The Morgan fingerprint density at radius 1 is 0.727 bits per heavy atom. The molecule has 5 rings (SSSR count). The third-order valence-electron chi connectivity index (χ3n) is 9.67. The molecular formula is C37H45N3O4. The van der Waals surface area contributed by atoms with Gasteiger partial charge in [0.25, 0.3) is 0 Å². The van der Waals surface area contributed by atoms with E-state index in [1.807, 2.05) is 42.5 Å². The molecule has 1 aromatic carbocycles. The van der Waals surface area contributed by atoms with E-state index in [1.54, 1.807) is 13.1 Å². The molecule has 0 aromatic heterocycles. The molecule has 0 bridgehead atoms. The van der Waals surface area contributed by atoms with Crippen molar-refractivity contribution in [3.05, 3.63) is 90.1 Å². The van der Waals surface area contributed by atoms with Crippen LogP contribution in [0.1, 0.15) is 33.3 Å². The summed E-state index contributed by atoms with van der Waals surface area (Å²) in [5.74, 6) is -3.55. The molecular weight excluding hydrogens is 550 g/mol. The van der Waals surface area contributed by atoms with Crippen LogP contribution >= 0.6 is 0 Å². The van der Waals surface area contributed by atoms with Crippen LogP contribution in [0, 0.1) is 59.2 Å². The van der Waals surface area contributed by atoms with Gasteiger partial charge in [0.1, 0.15) is 0 Å². The van der Waals surface area contributed by atoms with Crippen molar-refractivity contribution in [2.24, 2.45) is 64.9 Å². The summed E-state index contributed by atoms with van der Waals surface area (Å²) in [5, 5.41) is 0. The van der Waals surface area contributed by atoms with Crippen molar-refractivity contribution in [2.45, 2.75) is 27.7 Å². The average molecular weight is 596 g/mol. The first-order valence-corrected chi connectivity index (χ1v) is 15.9. The van der Waals surface area contributed by atoms with Gasteiger partial charge in [0, 0.05) is 43.8 Å². The molecule has 2 heterocycles. The Labute approximate surface area is 261 Å². The van der Waals surface area contributed by atoms with Crippen LogP contribution in [0.25, 0.3) is 6.08 Å². The van der Waals surface area contributed by atoms with E-state index in [0.717, 1.165) is 16.7 Å². The zero-order valence-corrected chi connectivity index (χ0v) is 26.4. The van der Waals surface area contributed by atoms with Crippen LogP contribution in [0.2, 0.25) is 0 Å². The molecule has 2 N–H and O–H groups in total. The molecule has 44 heavy (non-hydrogen) atoms. The van der Waals surface area contributed by atoms with Crippen LogP contribution in [0.3, 0.4) is 0 Å². The largest absolute Gasteiger partial charge is 0.329 e. The SMILES string of the molecule is C=C[C@H]1C(=CC(C)C)[C@@H](C=C[C@H]2C(=CC(C)C)[C@@H](C=Cc3ccccc3)[C@@H]3C(=O)N(CCN)C(=O)[C@@H]32)[C@@H]2C(=O)N(C)C(=O)[C@@H]21. The van der Waals surface area contributed by atoms with E-state index in [4.69, 9.17) is 5.73 Å². The first-order chi connectivity index (χ1) is 21.0. The van der Waals surface area contributed by atoms with Gasteiger partial charge < -0.3 is 5.73 Å². The first kappa shape index (κ1) is 31.6. The number of benzene rings is 1. The molecule has 0 spiro atoms. The molecule has 7 heteroatoms. The fourth-order valence-corrected chi connectivity index (χ4v) is 7.98. The van der Waals surface area contributed by atoms with Crippen LogP contribution in [0.4, 0.5) is 0 Å². The Hall–Kier alpha value is -3.84. The molecule has 232 valence electrons. The minimum Gasteiger partial charge on any atom is -0.329 e. The molecule has 1 aromatic rings. The van der Waals surface area contributed by atoms with E-state index in [2.05, 4.69) is 58.6 Å². The highest BCUT2D eigenvalue weighted by Gasteiger charge is 2.60. The number of carbonyl (C=O) groups is 4. The Balaban J connectivity index is 1.62. The lowest BCUT2D eigenvalue weighted by Gasteiger charge is -2.23. The lowest BCUT2D eigenvalue weighted by molar-refractivity contribution is -0.141. The Morgan fingerprint density at radius 3 is 1.66 bits per heavy atom. The van der Waals surface area contributed by atoms with E-state index < -0.39 is 23.7 Å². The van der Waals surface area contributed by atoms with Crippen LogP contribution in [-0.2, 0) is 19.2 Å². The molecule has 2 saturated carbocycles. The molecule has 2 aliphatic carbocycles. The van der Waals surface area contributed by atoms with Crippen molar-refractivity contribution in [3.8, 4) is 0 Å². The number of carbonyl (C=O) groups excluding carboxylic acids is 4. The van der Waals surface area contributed by atoms with Gasteiger partial charge in [-0.25, -0.2) is 0 Å². The number of nitrogens with two attached hydrogens (primary N) is 1. The zero-order chi connectivity index (χ0) is 31.9. The second-order valence-electron chi connectivity index (χ2n) is 13.3. The van der Waals surface area contributed by atoms with Gasteiger partial charge in [0.15, 0.2) is 0 Å². The summed E-state index contributed by atoms with van der Waals surface area (Å²) >= 11 is 0. The topological polar surface area (TPSA) is 101 Å². The standard InChI is InChI=1S/C37H45N3O4/c1-7-24-28(19-21(2)3)26(31-30(24)34(41)39(6)35(31)42)15-16-27-29(20-22(4)5)25(14-13-23-11-9-8-10-12-23)32-33(27)37(44)40(18-17-38)36(32)43/h7-16,19-22,24-27,30-33H,1,17-18,38H2,2-6H3/t24-,25+,26+,27-,30+,31-,32-,33+/m0/s1. The number of allylic oxidation sites excluding steroid dienone is 8. The van der Waals surface area contributed by atoms with Gasteiger partial charge in [-0.3, -0.25) is 29.0 Å². The van der Waals surface area contributed by atoms with Crippen LogP contribution in [0.5, 0.6) is 0 Å². The lowest BCUT2D eigenvalue weighted by atomic mass is 9.84. The highest BCUT2D eigenvalue weighted by Crippen LogP contribution is 2.55. The van der Waals surface area contributed by atoms with Crippen LogP contribution in [0.15, 0.2) is 84.5 Å². The maximum atomic E-state index is 13.9. The molecule has 7 nitrogen and oxygen atoms in total. The van der Waals surface area contributed by atoms with Crippen molar-refractivity contribution in [3.63, 3.8) is 0 Å². The molecule has 4 fully saturated rings.